The number of carbonyl (C=O) groups is 2. The van der Waals surface area contributed by atoms with Crippen molar-refractivity contribution < 1.29 is 27.5 Å². The highest BCUT2D eigenvalue weighted by atomic mass is 19.4. The zero-order valence-corrected chi connectivity index (χ0v) is 19.8. The summed E-state index contributed by atoms with van der Waals surface area (Å²) in [5, 5.41) is 2.96. The molecule has 2 amide bonds. The Morgan fingerprint density at radius 3 is 2.26 bits per heavy atom. The molecule has 6 nitrogen and oxygen atoms in total. The maximum Gasteiger partial charge on any atom is 0.416 e. The molecule has 1 N–H and O–H groups in total. The average molecular weight is 490 g/mol. The van der Waals surface area contributed by atoms with E-state index in [2.05, 4.69) is 5.32 Å². The fourth-order valence-electron chi connectivity index (χ4n) is 4.82. The molecule has 2 aliphatic rings. The van der Waals surface area contributed by atoms with Crippen molar-refractivity contribution in [2.75, 3.05) is 31.5 Å². The molecule has 0 aliphatic carbocycles. The van der Waals surface area contributed by atoms with E-state index in [9.17, 15) is 22.8 Å². The third-order valence-electron chi connectivity index (χ3n) is 6.49. The maximum absolute atomic E-state index is 13.3. The molecule has 2 unspecified atom stereocenters. The zero-order valence-electron chi connectivity index (χ0n) is 19.8. The first kappa shape index (κ1) is 25.0. The van der Waals surface area contributed by atoms with Gasteiger partial charge in [-0.1, -0.05) is 18.2 Å². The number of para-hydroxylation sites is 1. The van der Waals surface area contributed by atoms with Gasteiger partial charge >= 0.3 is 6.18 Å². The van der Waals surface area contributed by atoms with Gasteiger partial charge in [0.05, 0.1) is 29.0 Å². The lowest BCUT2D eigenvalue weighted by Crippen LogP contribution is -2.51. The van der Waals surface area contributed by atoms with Gasteiger partial charge in [0.2, 0.25) is 5.91 Å². The molecule has 2 fully saturated rings. The lowest BCUT2D eigenvalue weighted by Gasteiger charge is -2.39. The summed E-state index contributed by atoms with van der Waals surface area (Å²) in [5.74, 6) is -0.222. The molecule has 2 atom stereocenters. The van der Waals surface area contributed by atoms with Crippen molar-refractivity contribution in [1.29, 1.82) is 0 Å². The summed E-state index contributed by atoms with van der Waals surface area (Å²) >= 11 is 0. The number of piperidine rings is 1. The van der Waals surface area contributed by atoms with E-state index in [0.717, 1.165) is 12.1 Å². The van der Waals surface area contributed by atoms with Crippen LogP contribution >= 0.6 is 0 Å². The Hall–Kier alpha value is -3.07. The SMILES string of the molecule is CC1CN(C(=O)C2CCN(C(=O)c3ccccc3Nc3cccc(C(F)(F)F)c3)CC2)CC(C)O1. The van der Waals surface area contributed by atoms with Crippen molar-refractivity contribution in [2.24, 2.45) is 5.92 Å². The Balaban J connectivity index is 1.41. The van der Waals surface area contributed by atoms with Crippen molar-refractivity contribution in [3.8, 4) is 0 Å². The predicted molar refractivity (Wildman–Crippen MR) is 126 cm³/mol. The average Bonchev–Trinajstić information content (AvgIpc) is 2.83. The van der Waals surface area contributed by atoms with Crippen LogP contribution in [0.3, 0.4) is 0 Å². The number of ether oxygens (including phenoxy) is 1. The molecular weight excluding hydrogens is 459 g/mol. The van der Waals surface area contributed by atoms with Gasteiger partial charge in [-0.05, 0) is 57.0 Å². The monoisotopic (exact) mass is 489 g/mol. The van der Waals surface area contributed by atoms with Gasteiger partial charge in [-0.15, -0.1) is 0 Å². The van der Waals surface area contributed by atoms with Crippen LogP contribution in [0.2, 0.25) is 0 Å². The lowest BCUT2D eigenvalue weighted by atomic mass is 9.94. The molecule has 0 spiro atoms. The Labute approximate surface area is 203 Å². The second-order valence-corrected chi connectivity index (χ2v) is 9.32. The van der Waals surface area contributed by atoms with E-state index in [-0.39, 0.29) is 35.6 Å². The summed E-state index contributed by atoms with van der Waals surface area (Å²) < 4.78 is 45.0. The van der Waals surface area contributed by atoms with E-state index in [1.165, 1.54) is 12.1 Å². The normalized spacial score (nSPS) is 21.6. The number of halogens is 3. The molecule has 35 heavy (non-hydrogen) atoms. The van der Waals surface area contributed by atoms with Crippen LogP contribution in [0.4, 0.5) is 24.5 Å². The number of benzene rings is 2. The summed E-state index contributed by atoms with van der Waals surface area (Å²) in [4.78, 5) is 29.9. The van der Waals surface area contributed by atoms with E-state index in [1.807, 2.05) is 18.7 Å². The molecule has 0 bridgehead atoms. The Morgan fingerprint density at radius 1 is 0.943 bits per heavy atom. The van der Waals surface area contributed by atoms with Gasteiger partial charge in [0.25, 0.3) is 5.91 Å². The third-order valence-corrected chi connectivity index (χ3v) is 6.49. The number of anilines is 2. The predicted octanol–water partition coefficient (Wildman–Crippen LogP) is 4.94. The quantitative estimate of drug-likeness (QED) is 0.661. The zero-order chi connectivity index (χ0) is 25.2. The van der Waals surface area contributed by atoms with Gasteiger partial charge in [0.1, 0.15) is 0 Å². The minimum atomic E-state index is -4.45. The summed E-state index contributed by atoms with van der Waals surface area (Å²) in [6, 6.07) is 11.7. The van der Waals surface area contributed by atoms with E-state index >= 15 is 0 Å². The van der Waals surface area contributed by atoms with Crippen molar-refractivity contribution >= 4 is 23.2 Å². The number of rotatable bonds is 4. The summed E-state index contributed by atoms with van der Waals surface area (Å²) in [6.07, 6.45) is -3.29. The molecule has 9 heteroatoms. The lowest BCUT2D eigenvalue weighted by molar-refractivity contribution is -0.148. The molecule has 188 valence electrons. The van der Waals surface area contributed by atoms with Crippen molar-refractivity contribution in [1.82, 2.24) is 9.80 Å². The largest absolute Gasteiger partial charge is 0.416 e. The minimum absolute atomic E-state index is 0.00481. The van der Waals surface area contributed by atoms with Crippen LogP contribution < -0.4 is 5.32 Å². The fourth-order valence-corrected chi connectivity index (χ4v) is 4.82. The second-order valence-electron chi connectivity index (χ2n) is 9.32. The Morgan fingerprint density at radius 2 is 1.60 bits per heavy atom. The highest BCUT2D eigenvalue weighted by molar-refractivity contribution is 6.00. The standard InChI is InChI=1S/C26H30F3N3O3/c1-17-15-32(16-18(2)35-17)24(33)19-10-12-31(13-11-19)25(34)22-8-3-4-9-23(22)30-21-7-5-6-20(14-21)26(27,28)29/h3-9,14,17-19,30H,10-13,15-16H2,1-2H3. The molecule has 0 aromatic heterocycles. The van der Waals surface area contributed by atoms with Gasteiger partial charge in [0.15, 0.2) is 0 Å². The van der Waals surface area contributed by atoms with Crippen LogP contribution in [0.15, 0.2) is 48.5 Å². The van der Waals surface area contributed by atoms with Crippen molar-refractivity contribution in [3.05, 3.63) is 59.7 Å². The summed E-state index contributed by atoms with van der Waals surface area (Å²) in [7, 11) is 0. The van der Waals surface area contributed by atoms with Crippen molar-refractivity contribution in [2.45, 2.75) is 45.1 Å². The first-order valence-corrected chi connectivity index (χ1v) is 11.9. The molecule has 2 heterocycles. The van der Waals surface area contributed by atoms with E-state index in [4.69, 9.17) is 4.74 Å². The molecule has 4 rings (SSSR count). The molecule has 2 aliphatic heterocycles. The molecular formula is C26H30F3N3O3. The van der Waals surface area contributed by atoms with Crippen LogP contribution in [0, 0.1) is 5.92 Å². The second kappa shape index (κ2) is 10.3. The summed E-state index contributed by atoms with van der Waals surface area (Å²) in [6.45, 7) is 5.98. The number of alkyl halides is 3. The van der Waals surface area contributed by atoms with Crippen LogP contribution in [-0.4, -0.2) is 60.0 Å². The highest BCUT2D eigenvalue weighted by Gasteiger charge is 2.34. The number of nitrogens with one attached hydrogen (secondary N) is 1. The minimum Gasteiger partial charge on any atom is -0.372 e. The fraction of sp³-hybridized carbons (Fsp3) is 0.462. The number of hydrogen-bond acceptors (Lipinski definition) is 4. The van der Waals surface area contributed by atoms with Gasteiger partial charge in [-0.2, -0.15) is 13.2 Å². The van der Waals surface area contributed by atoms with Crippen LogP contribution in [0.1, 0.15) is 42.6 Å². The first-order chi connectivity index (χ1) is 16.6. The number of nitrogens with zero attached hydrogens (tertiary/aromatic N) is 2. The van der Waals surface area contributed by atoms with Gasteiger partial charge in [-0.25, -0.2) is 0 Å². The highest BCUT2D eigenvalue weighted by Crippen LogP contribution is 2.32. The van der Waals surface area contributed by atoms with E-state index in [0.29, 0.717) is 50.3 Å². The smallest absolute Gasteiger partial charge is 0.372 e. The maximum atomic E-state index is 13.3. The molecule has 0 saturated carbocycles. The number of hydrogen-bond donors (Lipinski definition) is 1. The van der Waals surface area contributed by atoms with Gasteiger partial charge in [-0.3, -0.25) is 9.59 Å². The molecule has 2 aromatic carbocycles. The number of morpholine rings is 1. The number of likely N-dealkylation sites (tertiary alicyclic amines) is 1. The van der Waals surface area contributed by atoms with E-state index < -0.39 is 11.7 Å². The third kappa shape index (κ3) is 5.96. The number of amides is 2. The molecule has 2 aromatic rings. The topological polar surface area (TPSA) is 61.9 Å². The Kier molecular flexibility index (Phi) is 7.35. The van der Waals surface area contributed by atoms with Crippen LogP contribution in [0.25, 0.3) is 0 Å². The summed E-state index contributed by atoms with van der Waals surface area (Å²) in [5.41, 5.74) is 0.303. The van der Waals surface area contributed by atoms with Gasteiger partial charge in [0, 0.05) is 37.8 Å². The van der Waals surface area contributed by atoms with E-state index in [1.54, 1.807) is 29.2 Å². The Bertz CT molecular complexity index is 1060. The van der Waals surface area contributed by atoms with Crippen molar-refractivity contribution in [3.63, 3.8) is 0 Å². The molecule has 2 saturated heterocycles. The first-order valence-electron chi connectivity index (χ1n) is 11.9. The molecule has 0 radical (unpaired) electrons. The number of carbonyl (C=O) groups excluding carboxylic acids is 2. The van der Waals surface area contributed by atoms with Crippen LogP contribution in [-0.2, 0) is 15.7 Å². The van der Waals surface area contributed by atoms with Crippen LogP contribution in [0.5, 0.6) is 0 Å². The van der Waals surface area contributed by atoms with Gasteiger partial charge < -0.3 is 19.9 Å².